The third-order valence-electron chi connectivity index (χ3n) is 20.0. The second kappa shape index (κ2) is 22.1. The van der Waals surface area contributed by atoms with Gasteiger partial charge in [0.1, 0.15) is 0 Å². The van der Waals surface area contributed by atoms with Crippen LogP contribution < -0.4 is 26.2 Å². The van der Waals surface area contributed by atoms with Crippen LogP contribution in [0.3, 0.4) is 0 Å². The number of aromatic nitrogens is 3. The lowest BCUT2D eigenvalue weighted by atomic mass is 9.33. The molecule has 0 bridgehead atoms. The maximum absolute atomic E-state index is 5.80. The van der Waals surface area contributed by atoms with Crippen molar-refractivity contribution in [1.29, 1.82) is 0 Å². The molecule has 2 fully saturated rings. The Morgan fingerprint density at radius 2 is 0.609 bits per heavy atom. The Bertz CT molecular complexity index is 3580. The molecular formula is C81H98BN5. The van der Waals surface area contributed by atoms with Crippen LogP contribution >= 0.6 is 0 Å². The van der Waals surface area contributed by atoms with Gasteiger partial charge in [-0.1, -0.05) is 224 Å². The summed E-state index contributed by atoms with van der Waals surface area (Å²) in [5.41, 5.74) is 24.3. The van der Waals surface area contributed by atoms with Crippen molar-refractivity contribution in [3.8, 4) is 34.2 Å². The molecule has 2 saturated carbocycles. The molecule has 0 unspecified atom stereocenters. The zero-order valence-corrected chi connectivity index (χ0v) is 56.2. The van der Waals surface area contributed by atoms with Gasteiger partial charge in [0.25, 0.3) is 6.71 Å². The van der Waals surface area contributed by atoms with Crippen LogP contribution in [-0.2, 0) is 32.5 Å². The van der Waals surface area contributed by atoms with Crippen molar-refractivity contribution in [3.05, 3.63) is 178 Å². The van der Waals surface area contributed by atoms with Crippen molar-refractivity contribution in [2.45, 2.75) is 233 Å². The van der Waals surface area contributed by atoms with Crippen molar-refractivity contribution in [1.82, 2.24) is 15.0 Å². The van der Waals surface area contributed by atoms with E-state index in [9.17, 15) is 0 Å². The van der Waals surface area contributed by atoms with Crippen molar-refractivity contribution in [3.63, 3.8) is 0 Å². The fraction of sp³-hybridized carbons (Fsp3) is 0.444. The molecule has 4 aliphatic rings. The Hall–Kier alpha value is -6.79. The van der Waals surface area contributed by atoms with Crippen LogP contribution in [0.4, 0.5) is 34.1 Å². The van der Waals surface area contributed by atoms with Gasteiger partial charge in [-0.25, -0.2) is 15.0 Å². The molecule has 0 saturated heterocycles. The average Bonchev–Trinajstić information content (AvgIpc) is 0.704. The van der Waals surface area contributed by atoms with E-state index in [1.54, 1.807) is 0 Å². The predicted octanol–water partition coefficient (Wildman–Crippen LogP) is 20.8. The molecule has 2 aliphatic carbocycles. The molecule has 12 rings (SSSR count). The van der Waals surface area contributed by atoms with Gasteiger partial charge in [-0.3, -0.25) is 0 Å². The zero-order valence-electron chi connectivity index (χ0n) is 56.2. The SMILES string of the molecule is CC(C)(C)c1ccc(N2c3cc(C4CCCCC4)ccc3B3c4ccc(C5CCCCC5)cc4N(c4ccc(C(C)(C)C)cc4)c4cc(-c5nc(-c6cc(C(C)(C)C)cc(C(C)(C)C)c6)nc(-c6cc(C(C)(C)C)cc(C(C)(C)C)c6)n5)cc2c43)cc1. The molecule has 0 spiro atoms. The summed E-state index contributed by atoms with van der Waals surface area (Å²) in [6.45, 7) is 41.7. The van der Waals surface area contributed by atoms with Crippen molar-refractivity contribution >= 4 is 57.2 Å². The van der Waals surface area contributed by atoms with Gasteiger partial charge in [0.2, 0.25) is 0 Å². The number of rotatable bonds is 7. The van der Waals surface area contributed by atoms with Gasteiger partial charge in [-0.2, -0.15) is 0 Å². The van der Waals surface area contributed by atoms with Crippen LogP contribution in [0.5, 0.6) is 0 Å². The largest absolute Gasteiger partial charge is 0.311 e. The summed E-state index contributed by atoms with van der Waals surface area (Å²) in [7, 11) is 0. The third kappa shape index (κ3) is 11.9. The highest BCUT2D eigenvalue weighted by Crippen LogP contribution is 2.49. The Balaban J connectivity index is 1.21. The fourth-order valence-electron chi connectivity index (χ4n) is 14.3. The van der Waals surface area contributed by atoms with Gasteiger partial charge in [0.05, 0.1) is 0 Å². The summed E-state index contributed by atoms with van der Waals surface area (Å²) in [5.74, 6) is 3.10. The standard InChI is InChI=1S/C81H98BN5/c1-76(2,3)58-31-35-64(36-32-58)86-68-45-53(51-25-21-19-22-26-51)29-39-66(68)82-67-40-30-54(52-27-23-20-24-28-52)46-69(67)87(65-37-33-59(34-38-65)77(4,5)6)71-48-57(47-70(86)72(71)82)75-84-73(55-41-60(78(7,8)9)49-61(42-55)79(10,11)12)83-74(85-75)56-43-62(80(13,14)15)50-63(44-56)81(16,17)18/h29-52H,19-28H2,1-18H3. The summed E-state index contributed by atoms with van der Waals surface area (Å²) in [5, 5.41) is 0. The molecule has 0 radical (unpaired) electrons. The van der Waals surface area contributed by atoms with Gasteiger partial charge < -0.3 is 9.80 Å². The first-order valence-corrected chi connectivity index (χ1v) is 33.2. The average molecular weight is 1150 g/mol. The lowest BCUT2D eigenvalue weighted by molar-refractivity contribution is 0.444. The van der Waals surface area contributed by atoms with E-state index in [2.05, 4.69) is 268 Å². The molecular weight excluding hydrogens is 1050 g/mol. The molecule has 5 nitrogen and oxygen atoms in total. The van der Waals surface area contributed by atoms with E-state index < -0.39 is 0 Å². The van der Waals surface area contributed by atoms with E-state index in [-0.39, 0.29) is 39.2 Å². The van der Waals surface area contributed by atoms with E-state index in [0.717, 1.165) is 28.1 Å². The molecule has 7 aromatic carbocycles. The molecule has 6 heteroatoms. The number of hydrogen-bond donors (Lipinski definition) is 0. The highest BCUT2D eigenvalue weighted by Gasteiger charge is 2.45. The smallest absolute Gasteiger partial charge is 0.252 e. The minimum Gasteiger partial charge on any atom is -0.311 e. The number of benzene rings is 7. The lowest BCUT2D eigenvalue weighted by Gasteiger charge is -2.45. The number of hydrogen-bond acceptors (Lipinski definition) is 5. The van der Waals surface area contributed by atoms with Gasteiger partial charge in [0, 0.05) is 50.8 Å². The van der Waals surface area contributed by atoms with Crippen molar-refractivity contribution in [2.75, 3.05) is 9.80 Å². The first-order valence-electron chi connectivity index (χ1n) is 33.2. The Morgan fingerprint density at radius 3 is 0.908 bits per heavy atom. The van der Waals surface area contributed by atoms with Crippen LogP contribution in [0, 0.1) is 0 Å². The normalized spacial score (nSPS) is 16.2. The fourth-order valence-corrected chi connectivity index (χ4v) is 14.3. The first-order chi connectivity index (χ1) is 40.9. The second-order valence-corrected chi connectivity index (χ2v) is 32.8. The van der Waals surface area contributed by atoms with E-state index in [0.29, 0.717) is 29.3 Å². The van der Waals surface area contributed by atoms with Gasteiger partial charge in [0.15, 0.2) is 17.5 Å². The van der Waals surface area contributed by atoms with E-state index >= 15 is 0 Å². The molecule has 2 aliphatic heterocycles. The Labute approximate surface area is 524 Å². The molecule has 87 heavy (non-hydrogen) atoms. The zero-order chi connectivity index (χ0) is 61.9. The minimum atomic E-state index is -0.113. The summed E-state index contributed by atoms with van der Waals surface area (Å²) < 4.78 is 0. The van der Waals surface area contributed by atoms with Crippen LogP contribution in [0.1, 0.15) is 245 Å². The maximum atomic E-state index is 5.80. The van der Waals surface area contributed by atoms with Crippen molar-refractivity contribution in [2.24, 2.45) is 0 Å². The molecule has 3 heterocycles. The Morgan fingerprint density at radius 1 is 0.310 bits per heavy atom. The molecule has 0 atom stereocenters. The monoisotopic (exact) mass is 1150 g/mol. The number of nitrogens with zero attached hydrogens (tertiary/aromatic N) is 5. The second-order valence-electron chi connectivity index (χ2n) is 32.8. The topological polar surface area (TPSA) is 45.2 Å². The maximum Gasteiger partial charge on any atom is 0.252 e. The van der Waals surface area contributed by atoms with Gasteiger partial charge >= 0.3 is 0 Å². The summed E-state index contributed by atoms with van der Waals surface area (Å²) in [4.78, 5) is 22.5. The first kappa shape index (κ1) is 60.5. The summed E-state index contributed by atoms with van der Waals surface area (Å²) in [6, 6.07) is 53.4. The molecule has 1 aromatic heterocycles. The summed E-state index contributed by atoms with van der Waals surface area (Å²) >= 11 is 0. The molecule has 0 N–H and O–H groups in total. The quantitative estimate of drug-likeness (QED) is 0.149. The van der Waals surface area contributed by atoms with Crippen LogP contribution in [-0.4, -0.2) is 21.7 Å². The minimum absolute atomic E-state index is 0.00587. The van der Waals surface area contributed by atoms with Crippen LogP contribution in [0.2, 0.25) is 0 Å². The number of anilines is 6. The van der Waals surface area contributed by atoms with Gasteiger partial charge in [-0.05, 0) is 204 Å². The predicted molar refractivity (Wildman–Crippen MR) is 374 cm³/mol. The lowest BCUT2D eigenvalue weighted by Crippen LogP contribution is -2.61. The number of fused-ring (bicyclic) bond motifs is 4. The van der Waals surface area contributed by atoms with E-state index in [1.807, 2.05) is 0 Å². The van der Waals surface area contributed by atoms with Crippen LogP contribution in [0.15, 0.2) is 133 Å². The highest BCUT2D eigenvalue weighted by molar-refractivity contribution is 7.00. The molecule has 8 aromatic rings. The third-order valence-corrected chi connectivity index (χ3v) is 20.0. The Kier molecular flexibility index (Phi) is 15.3. The summed E-state index contributed by atoms with van der Waals surface area (Å²) in [6.07, 6.45) is 12.7. The van der Waals surface area contributed by atoms with E-state index in [4.69, 9.17) is 15.0 Å². The van der Waals surface area contributed by atoms with Crippen LogP contribution in [0.25, 0.3) is 34.2 Å². The van der Waals surface area contributed by atoms with Crippen molar-refractivity contribution < 1.29 is 0 Å². The highest BCUT2D eigenvalue weighted by atomic mass is 15.2. The molecule has 450 valence electrons. The van der Waals surface area contributed by atoms with Gasteiger partial charge in [-0.15, -0.1) is 0 Å². The molecule has 0 amide bonds. The van der Waals surface area contributed by atoms with E-state index in [1.165, 1.54) is 148 Å².